The number of aliphatic carboxylic acids is 1. The lowest BCUT2D eigenvalue weighted by Gasteiger charge is -2.42. The molecule has 0 aliphatic heterocycles. The molecule has 0 bridgehead atoms. The topological polar surface area (TPSA) is 40.5 Å². The molecule has 0 saturated heterocycles. The van der Waals surface area contributed by atoms with Gasteiger partial charge in [0.2, 0.25) is 0 Å². The number of carbonyl (C=O) groups is 1. The summed E-state index contributed by atoms with van der Waals surface area (Å²) in [5.41, 5.74) is -0.0855. The molecule has 0 aromatic rings. The van der Waals surface area contributed by atoms with Crippen molar-refractivity contribution in [1.82, 2.24) is 4.90 Å². The molecule has 0 aromatic carbocycles. The van der Waals surface area contributed by atoms with Gasteiger partial charge in [0.25, 0.3) is 0 Å². The Morgan fingerprint density at radius 2 is 1.89 bits per heavy atom. The van der Waals surface area contributed by atoms with E-state index in [1.54, 1.807) is 0 Å². The highest BCUT2D eigenvalue weighted by Gasteiger charge is 2.38. The van der Waals surface area contributed by atoms with Crippen molar-refractivity contribution in [2.45, 2.75) is 77.7 Å². The van der Waals surface area contributed by atoms with E-state index in [4.69, 9.17) is 0 Å². The third-order valence-electron chi connectivity index (χ3n) is 4.88. The third kappa shape index (κ3) is 4.48. The molecule has 3 nitrogen and oxygen atoms in total. The minimum absolute atomic E-state index is 0.0855. The second-order valence-corrected chi connectivity index (χ2v) is 6.05. The fraction of sp³-hybridized carbons (Fsp3) is 0.938. The molecule has 1 N–H and O–H groups in total. The van der Waals surface area contributed by atoms with Gasteiger partial charge in [-0.2, -0.15) is 0 Å². The van der Waals surface area contributed by atoms with Gasteiger partial charge < -0.3 is 5.11 Å². The zero-order valence-electron chi connectivity index (χ0n) is 13.0. The summed E-state index contributed by atoms with van der Waals surface area (Å²) in [6, 6.07) is 0. The van der Waals surface area contributed by atoms with E-state index in [0.717, 1.165) is 31.8 Å². The van der Waals surface area contributed by atoms with Gasteiger partial charge in [0.1, 0.15) is 0 Å². The van der Waals surface area contributed by atoms with Crippen LogP contribution in [0.5, 0.6) is 0 Å². The van der Waals surface area contributed by atoms with Gasteiger partial charge in [0.15, 0.2) is 0 Å². The minimum Gasteiger partial charge on any atom is -0.481 e. The Balaban J connectivity index is 2.81. The maximum Gasteiger partial charge on any atom is 0.305 e. The van der Waals surface area contributed by atoms with E-state index in [2.05, 4.69) is 25.7 Å². The molecule has 0 spiro atoms. The average molecular weight is 269 g/mol. The highest BCUT2D eigenvalue weighted by Crippen LogP contribution is 2.38. The predicted molar refractivity (Wildman–Crippen MR) is 79.4 cm³/mol. The lowest BCUT2D eigenvalue weighted by molar-refractivity contribution is -0.140. The van der Waals surface area contributed by atoms with Gasteiger partial charge in [0, 0.05) is 5.54 Å². The van der Waals surface area contributed by atoms with Gasteiger partial charge in [-0.1, -0.05) is 46.5 Å². The molecule has 0 radical (unpaired) electrons. The molecular formula is C16H31NO2. The average Bonchev–Trinajstić information content (AvgIpc) is 2.54. The number of nitrogens with zero attached hydrogens (tertiary/aromatic N) is 1. The van der Waals surface area contributed by atoms with Crippen LogP contribution in [0.4, 0.5) is 0 Å². The molecule has 112 valence electrons. The van der Waals surface area contributed by atoms with E-state index in [9.17, 15) is 9.90 Å². The molecule has 2 unspecified atom stereocenters. The minimum atomic E-state index is -0.638. The van der Waals surface area contributed by atoms with Crippen molar-refractivity contribution in [3.8, 4) is 0 Å². The molecule has 0 heterocycles. The standard InChI is InChI=1S/C16H31NO2/c1-4-8-14-9-7-11-16(12-10-14,13-15(18)19)17(5-2)6-3/h14H,4-13H2,1-3H3,(H,18,19). The van der Waals surface area contributed by atoms with Crippen LogP contribution in [0.25, 0.3) is 0 Å². The van der Waals surface area contributed by atoms with Gasteiger partial charge in [-0.25, -0.2) is 0 Å². The Morgan fingerprint density at radius 3 is 2.42 bits per heavy atom. The van der Waals surface area contributed by atoms with Crippen molar-refractivity contribution in [3.63, 3.8) is 0 Å². The second-order valence-electron chi connectivity index (χ2n) is 6.05. The quantitative estimate of drug-likeness (QED) is 0.712. The third-order valence-corrected chi connectivity index (χ3v) is 4.88. The molecule has 1 aliphatic rings. The summed E-state index contributed by atoms with van der Waals surface area (Å²) in [5, 5.41) is 9.31. The summed E-state index contributed by atoms with van der Waals surface area (Å²) in [6.07, 6.45) is 8.67. The van der Waals surface area contributed by atoms with Crippen LogP contribution in [-0.2, 0) is 4.79 Å². The smallest absolute Gasteiger partial charge is 0.305 e. The van der Waals surface area contributed by atoms with Crippen molar-refractivity contribution in [1.29, 1.82) is 0 Å². The Hall–Kier alpha value is -0.570. The van der Waals surface area contributed by atoms with E-state index in [-0.39, 0.29) is 5.54 Å². The molecule has 19 heavy (non-hydrogen) atoms. The van der Waals surface area contributed by atoms with Gasteiger partial charge in [-0.3, -0.25) is 9.69 Å². The molecule has 2 atom stereocenters. The first-order valence-electron chi connectivity index (χ1n) is 8.04. The van der Waals surface area contributed by atoms with Crippen LogP contribution >= 0.6 is 0 Å². The van der Waals surface area contributed by atoms with Crippen molar-refractivity contribution < 1.29 is 9.90 Å². The summed E-state index contributed by atoms with van der Waals surface area (Å²) in [5.74, 6) is 0.178. The molecule has 1 fully saturated rings. The Morgan fingerprint density at radius 1 is 1.21 bits per heavy atom. The van der Waals surface area contributed by atoms with Crippen molar-refractivity contribution in [2.75, 3.05) is 13.1 Å². The molecule has 1 rings (SSSR count). The Kier molecular flexibility index (Phi) is 6.84. The van der Waals surface area contributed by atoms with E-state index < -0.39 is 5.97 Å². The van der Waals surface area contributed by atoms with Crippen molar-refractivity contribution >= 4 is 5.97 Å². The van der Waals surface area contributed by atoms with E-state index in [1.165, 1.54) is 32.1 Å². The molecule has 0 amide bonds. The summed E-state index contributed by atoms with van der Waals surface area (Å²) < 4.78 is 0. The zero-order valence-corrected chi connectivity index (χ0v) is 13.0. The monoisotopic (exact) mass is 269 g/mol. The van der Waals surface area contributed by atoms with Crippen LogP contribution in [0.1, 0.15) is 72.1 Å². The van der Waals surface area contributed by atoms with Crippen LogP contribution in [-0.4, -0.2) is 34.6 Å². The summed E-state index contributed by atoms with van der Waals surface area (Å²) in [7, 11) is 0. The molecule has 1 aliphatic carbocycles. The number of carboxylic acids is 1. The van der Waals surface area contributed by atoms with Crippen LogP contribution in [0.3, 0.4) is 0 Å². The molecular weight excluding hydrogens is 238 g/mol. The summed E-state index contributed by atoms with van der Waals surface area (Å²) >= 11 is 0. The second kappa shape index (κ2) is 7.88. The Labute approximate surface area is 118 Å². The first-order valence-corrected chi connectivity index (χ1v) is 8.04. The van der Waals surface area contributed by atoms with Crippen LogP contribution in [0.15, 0.2) is 0 Å². The van der Waals surface area contributed by atoms with E-state index >= 15 is 0 Å². The fourth-order valence-corrected chi connectivity index (χ4v) is 3.94. The highest BCUT2D eigenvalue weighted by atomic mass is 16.4. The lowest BCUT2D eigenvalue weighted by atomic mass is 9.84. The van der Waals surface area contributed by atoms with Crippen LogP contribution < -0.4 is 0 Å². The van der Waals surface area contributed by atoms with Gasteiger partial charge in [0.05, 0.1) is 6.42 Å². The first-order chi connectivity index (χ1) is 9.07. The number of carboxylic acid groups (broad SMARTS) is 1. The normalized spacial score (nSPS) is 28.3. The van der Waals surface area contributed by atoms with Crippen molar-refractivity contribution in [3.05, 3.63) is 0 Å². The first kappa shape index (κ1) is 16.5. The number of hydrogen-bond acceptors (Lipinski definition) is 2. The molecule has 3 heteroatoms. The van der Waals surface area contributed by atoms with Crippen LogP contribution in [0, 0.1) is 5.92 Å². The maximum absolute atomic E-state index is 11.3. The molecule has 1 saturated carbocycles. The molecule has 0 aromatic heterocycles. The van der Waals surface area contributed by atoms with E-state index in [0.29, 0.717) is 6.42 Å². The van der Waals surface area contributed by atoms with Crippen LogP contribution in [0.2, 0.25) is 0 Å². The summed E-state index contributed by atoms with van der Waals surface area (Å²) in [4.78, 5) is 13.7. The number of hydrogen-bond donors (Lipinski definition) is 1. The number of rotatable bonds is 7. The van der Waals surface area contributed by atoms with Gasteiger partial charge in [-0.05, 0) is 38.3 Å². The van der Waals surface area contributed by atoms with E-state index in [1.807, 2.05) is 0 Å². The van der Waals surface area contributed by atoms with Gasteiger partial charge >= 0.3 is 5.97 Å². The summed E-state index contributed by atoms with van der Waals surface area (Å²) in [6.45, 7) is 8.48. The SMILES string of the molecule is CCCC1CCCC(CC(=O)O)(N(CC)CC)CC1. The largest absolute Gasteiger partial charge is 0.481 e. The fourth-order valence-electron chi connectivity index (χ4n) is 3.94. The van der Waals surface area contributed by atoms with Gasteiger partial charge in [-0.15, -0.1) is 0 Å². The zero-order chi connectivity index (χ0) is 14.3. The lowest BCUT2D eigenvalue weighted by Crippen LogP contribution is -2.49. The Bertz CT molecular complexity index is 276. The predicted octanol–water partition coefficient (Wildman–Crippen LogP) is 3.92. The maximum atomic E-state index is 11.3. The van der Waals surface area contributed by atoms with Crippen molar-refractivity contribution in [2.24, 2.45) is 5.92 Å². The highest BCUT2D eigenvalue weighted by molar-refractivity contribution is 5.68.